The topological polar surface area (TPSA) is 130 Å². The number of halogens is 2. The van der Waals surface area contributed by atoms with Gasteiger partial charge in [-0.25, -0.2) is 9.59 Å². The second-order valence-corrected chi connectivity index (χ2v) is 9.29. The van der Waals surface area contributed by atoms with Crippen molar-refractivity contribution >= 4 is 51.4 Å². The molecule has 0 amide bonds. The quantitative estimate of drug-likeness (QED) is 0.443. The van der Waals surface area contributed by atoms with Crippen molar-refractivity contribution in [3.05, 3.63) is 56.4 Å². The van der Waals surface area contributed by atoms with Gasteiger partial charge in [-0.1, -0.05) is 23.2 Å². The zero-order valence-corrected chi connectivity index (χ0v) is 19.1. The van der Waals surface area contributed by atoms with Gasteiger partial charge >= 0.3 is 11.4 Å². The largest absolute Gasteiger partial charge is 0.384 e. The number of hydrogen-bond donors (Lipinski definition) is 2. The number of aromatic nitrogens is 5. The summed E-state index contributed by atoms with van der Waals surface area (Å²) in [5.41, 5.74) is 4.61. The molecular weight excluding hydrogens is 467 g/mol. The van der Waals surface area contributed by atoms with E-state index >= 15 is 0 Å². The van der Waals surface area contributed by atoms with Crippen LogP contribution in [0.5, 0.6) is 0 Å². The molecule has 13 heteroatoms. The normalized spacial score (nSPS) is 11.5. The van der Waals surface area contributed by atoms with Gasteiger partial charge < -0.3 is 10.7 Å². The number of anilines is 1. The summed E-state index contributed by atoms with van der Waals surface area (Å²) in [7, 11) is 5.54. The Hall–Kier alpha value is -3.02. The van der Waals surface area contributed by atoms with E-state index in [4.69, 9.17) is 28.9 Å². The first-order valence-corrected chi connectivity index (χ1v) is 10.4. The number of nitrogen functional groups attached to an aromatic ring is 1. The molecule has 3 N–H and O–H groups in total. The van der Waals surface area contributed by atoms with Gasteiger partial charge in [0.25, 0.3) is 11.1 Å². The molecule has 0 saturated heterocycles. The maximum absolute atomic E-state index is 13.1. The van der Waals surface area contributed by atoms with Gasteiger partial charge in [0.05, 0.1) is 21.0 Å². The minimum Gasteiger partial charge on any atom is -0.384 e. The van der Waals surface area contributed by atoms with Crippen LogP contribution < -0.4 is 28.2 Å². The summed E-state index contributed by atoms with van der Waals surface area (Å²) in [6, 6.07) is 1.58. The molecule has 4 aromatic heterocycles. The predicted octanol–water partition coefficient (Wildman–Crippen LogP) is 1.25. The van der Waals surface area contributed by atoms with Crippen LogP contribution in [0.2, 0.25) is 8.67 Å². The molecule has 0 bridgehead atoms. The Bertz CT molecular complexity index is 1650. The smallest absolute Gasteiger partial charge is 0.332 e. The van der Waals surface area contributed by atoms with Gasteiger partial charge in [-0.05, 0) is 6.07 Å². The molecule has 0 aliphatic carbocycles. The molecule has 162 valence electrons. The molecule has 0 fully saturated rings. The summed E-state index contributed by atoms with van der Waals surface area (Å²) in [5.74, 6) is -0.136. The third-order valence-electron chi connectivity index (χ3n) is 5.29. The van der Waals surface area contributed by atoms with Crippen LogP contribution in [-0.2, 0) is 28.2 Å². The van der Waals surface area contributed by atoms with Crippen molar-refractivity contribution in [1.82, 2.24) is 23.3 Å². The van der Waals surface area contributed by atoms with Gasteiger partial charge in [0, 0.05) is 39.3 Å². The van der Waals surface area contributed by atoms with Gasteiger partial charge in [0.15, 0.2) is 0 Å². The van der Waals surface area contributed by atoms with Crippen LogP contribution in [0.3, 0.4) is 0 Å². The fourth-order valence-electron chi connectivity index (χ4n) is 3.58. The lowest BCUT2D eigenvalue weighted by Gasteiger charge is -2.13. The van der Waals surface area contributed by atoms with Crippen LogP contribution in [0, 0.1) is 0 Å². The number of nitrogens with two attached hydrogens (primary N) is 1. The standard InChI is InChI=1S/C18H16Cl2N6O4S/c1-23-13(21)9(15(27)25(3)17(23)29)8-10-14(24(2)18(30)26(4)16(10)28)22-11(8)6-5-7(19)31-12(6)20/h5,22H,21H2,1-4H3. The average Bonchev–Trinajstić information content (AvgIpc) is 3.27. The molecule has 0 unspecified atom stereocenters. The summed E-state index contributed by atoms with van der Waals surface area (Å²) in [4.78, 5) is 54.1. The van der Waals surface area contributed by atoms with Gasteiger partial charge in [-0.3, -0.25) is 27.9 Å². The molecule has 0 atom stereocenters. The highest BCUT2D eigenvalue weighted by Gasteiger charge is 2.28. The monoisotopic (exact) mass is 482 g/mol. The first-order valence-electron chi connectivity index (χ1n) is 8.80. The van der Waals surface area contributed by atoms with Crippen molar-refractivity contribution < 1.29 is 0 Å². The highest BCUT2D eigenvalue weighted by atomic mass is 35.5. The van der Waals surface area contributed by atoms with Crippen molar-refractivity contribution in [3.8, 4) is 22.4 Å². The SMILES string of the molecule is Cn1c(N)c(-c2c(-c3cc(Cl)sc3Cl)[nH]c3c2c(=O)n(C)c(=O)n3C)c(=O)n(C)c1=O. The molecule has 0 saturated carbocycles. The highest BCUT2D eigenvalue weighted by molar-refractivity contribution is 7.20. The van der Waals surface area contributed by atoms with E-state index in [0.717, 1.165) is 25.0 Å². The predicted molar refractivity (Wildman–Crippen MR) is 122 cm³/mol. The van der Waals surface area contributed by atoms with Crippen LogP contribution in [-0.4, -0.2) is 23.3 Å². The summed E-state index contributed by atoms with van der Waals surface area (Å²) < 4.78 is 4.85. The minimum atomic E-state index is -0.698. The Morgan fingerprint density at radius 2 is 1.45 bits per heavy atom. The molecule has 10 nitrogen and oxygen atoms in total. The Balaban J connectivity index is 2.37. The second-order valence-electron chi connectivity index (χ2n) is 7.01. The molecule has 0 aliphatic heterocycles. The Kier molecular flexibility index (Phi) is 4.80. The zero-order valence-electron chi connectivity index (χ0n) is 16.7. The van der Waals surface area contributed by atoms with Gasteiger partial charge in [0.1, 0.15) is 15.8 Å². The first-order chi connectivity index (χ1) is 14.5. The van der Waals surface area contributed by atoms with Crippen molar-refractivity contribution in [2.75, 3.05) is 5.73 Å². The van der Waals surface area contributed by atoms with Crippen LogP contribution in [0.25, 0.3) is 33.4 Å². The molecule has 4 aromatic rings. The number of nitrogens with one attached hydrogen (secondary N) is 1. The summed E-state index contributed by atoms with van der Waals surface area (Å²) >= 11 is 13.6. The maximum Gasteiger partial charge on any atom is 0.332 e. The fraction of sp³-hybridized carbons (Fsp3) is 0.222. The molecule has 0 spiro atoms. The lowest BCUT2D eigenvalue weighted by molar-refractivity contribution is 0.696. The van der Waals surface area contributed by atoms with Crippen molar-refractivity contribution in [1.29, 1.82) is 0 Å². The number of H-pyrrole nitrogens is 1. The Morgan fingerprint density at radius 1 is 0.871 bits per heavy atom. The van der Waals surface area contributed by atoms with Crippen LogP contribution in [0.1, 0.15) is 0 Å². The van der Waals surface area contributed by atoms with Crippen LogP contribution >= 0.6 is 34.5 Å². The van der Waals surface area contributed by atoms with E-state index in [0.29, 0.717) is 14.2 Å². The van der Waals surface area contributed by atoms with Gasteiger partial charge in [0.2, 0.25) is 0 Å². The summed E-state index contributed by atoms with van der Waals surface area (Å²) in [6.07, 6.45) is 0. The van der Waals surface area contributed by atoms with Crippen molar-refractivity contribution in [2.45, 2.75) is 0 Å². The number of fused-ring (bicyclic) bond motifs is 1. The molecule has 31 heavy (non-hydrogen) atoms. The van der Waals surface area contributed by atoms with E-state index in [9.17, 15) is 19.2 Å². The highest BCUT2D eigenvalue weighted by Crippen LogP contribution is 2.43. The first kappa shape index (κ1) is 21.2. The van der Waals surface area contributed by atoms with Gasteiger partial charge in [-0.2, -0.15) is 0 Å². The second kappa shape index (κ2) is 7.01. The van der Waals surface area contributed by atoms with E-state index in [1.807, 2.05) is 0 Å². The number of aromatic amines is 1. The average molecular weight is 483 g/mol. The van der Waals surface area contributed by atoms with E-state index in [1.165, 1.54) is 32.8 Å². The summed E-state index contributed by atoms with van der Waals surface area (Å²) in [6.45, 7) is 0. The molecular formula is C18H16Cl2N6O4S. The fourth-order valence-corrected chi connectivity index (χ4v) is 5.06. The third kappa shape index (κ3) is 2.84. The Labute approximate surface area is 187 Å². The molecule has 0 radical (unpaired) electrons. The van der Waals surface area contributed by atoms with Crippen LogP contribution in [0.15, 0.2) is 25.2 Å². The lowest BCUT2D eigenvalue weighted by Crippen LogP contribution is -2.39. The maximum atomic E-state index is 13.1. The molecule has 4 heterocycles. The van der Waals surface area contributed by atoms with Crippen molar-refractivity contribution in [3.63, 3.8) is 0 Å². The van der Waals surface area contributed by atoms with Gasteiger partial charge in [-0.15, -0.1) is 11.3 Å². The number of hydrogen-bond acceptors (Lipinski definition) is 6. The van der Waals surface area contributed by atoms with E-state index in [1.54, 1.807) is 6.07 Å². The number of nitrogens with zero attached hydrogens (tertiary/aromatic N) is 4. The van der Waals surface area contributed by atoms with E-state index < -0.39 is 22.5 Å². The van der Waals surface area contributed by atoms with E-state index in [2.05, 4.69) is 4.98 Å². The molecule has 0 aliphatic rings. The van der Waals surface area contributed by atoms with Crippen molar-refractivity contribution in [2.24, 2.45) is 28.2 Å². The number of aryl methyl sites for hydroxylation is 1. The molecule has 4 rings (SSSR count). The summed E-state index contributed by atoms with van der Waals surface area (Å²) in [5, 5.41) is 0.0560. The zero-order chi connectivity index (χ0) is 22.9. The van der Waals surface area contributed by atoms with E-state index in [-0.39, 0.29) is 33.7 Å². The molecule has 0 aromatic carbocycles. The lowest BCUT2D eigenvalue weighted by atomic mass is 10.0. The van der Waals surface area contributed by atoms with Crippen LogP contribution in [0.4, 0.5) is 5.82 Å². The Morgan fingerprint density at radius 3 is 2.03 bits per heavy atom. The minimum absolute atomic E-state index is 0.0560. The third-order valence-corrected chi connectivity index (χ3v) is 6.78. The number of rotatable bonds is 2. The number of thiophene rings is 1.